The Balaban J connectivity index is 2.57. The molecule has 7 nitrogen and oxygen atoms in total. The van der Waals surface area contributed by atoms with E-state index in [1.165, 1.54) is 23.0 Å². The first kappa shape index (κ1) is 10.9. The fourth-order valence-corrected chi connectivity index (χ4v) is 0.963. The molecule has 0 radical (unpaired) electrons. The van der Waals surface area contributed by atoms with E-state index in [4.69, 9.17) is 0 Å². The minimum atomic E-state index is -0.336. The molecule has 1 heterocycles. The number of nitrogens with zero attached hydrogens (tertiary/aromatic N) is 2. The van der Waals surface area contributed by atoms with E-state index >= 15 is 0 Å². The van der Waals surface area contributed by atoms with Crippen molar-refractivity contribution in [3.63, 3.8) is 0 Å². The number of aromatic nitrogens is 2. The highest BCUT2D eigenvalue weighted by Gasteiger charge is 1.93. The number of hydrogen-bond donors (Lipinski definition) is 2. The largest absolute Gasteiger partial charge is 0.277 e. The quantitative estimate of drug-likeness (QED) is 0.357. The van der Waals surface area contributed by atoms with Gasteiger partial charge in [0.25, 0.3) is 11.1 Å². The first-order valence-corrected chi connectivity index (χ1v) is 4.25. The van der Waals surface area contributed by atoms with Gasteiger partial charge < -0.3 is 0 Å². The Hall–Kier alpha value is -2.18. The van der Waals surface area contributed by atoms with Gasteiger partial charge in [-0.3, -0.25) is 24.9 Å². The summed E-state index contributed by atoms with van der Waals surface area (Å²) in [5.41, 5.74) is 1.47. The summed E-state index contributed by atoms with van der Waals surface area (Å²) >= 11 is 0. The number of H-pyrrole nitrogens is 1. The Kier molecular flexibility index (Phi) is 4.02. The number of nitrogens with one attached hydrogen (secondary N) is 2. The molecule has 0 spiro atoms. The van der Waals surface area contributed by atoms with Gasteiger partial charge in [0.2, 0.25) is 6.41 Å². The van der Waals surface area contributed by atoms with Gasteiger partial charge in [0.1, 0.15) is 0 Å². The topological polar surface area (TPSA) is 96.3 Å². The summed E-state index contributed by atoms with van der Waals surface area (Å²) in [5, 5.41) is 5.87. The second-order valence-electron chi connectivity index (χ2n) is 2.65. The summed E-state index contributed by atoms with van der Waals surface area (Å²) in [6, 6.07) is 2.36. The van der Waals surface area contributed by atoms with Crippen molar-refractivity contribution >= 4 is 12.6 Å². The van der Waals surface area contributed by atoms with Gasteiger partial charge in [-0.1, -0.05) is 0 Å². The van der Waals surface area contributed by atoms with Crippen LogP contribution in [0.4, 0.5) is 0 Å². The van der Waals surface area contributed by atoms with Crippen molar-refractivity contribution in [2.75, 3.05) is 0 Å². The van der Waals surface area contributed by atoms with Crippen LogP contribution < -0.4 is 16.5 Å². The Morgan fingerprint density at radius 1 is 1.47 bits per heavy atom. The lowest BCUT2D eigenvalue weighted by molar-refractivity contribution is -0.109. The molecule has 2 N–H and O–H groups in total. The monoisotopic (exact) mass is 210 g/mol. The number of aromatic amines is 1. The van der Waals surface area contributed by atoms with Crippen LogP contribution in [0.25, 0.3) is 0 Å². The molecule has 0 unspecified atom stereocenters. The third kappa shape index (κ3) is 3.59. The standard InChI is InChI=1S/C8H10N4O3/c13-6-10-9-4-1-5-12-8(15)3-2-7(14)11-12/h2-4,6H,1,5H2,(H,10,13)(H,11,14)/b9-4+. The lowest BCUT2D eigenvalue weighted by atomic mass is 10.4. The number of carbonyl (C=O) groups excluding carboxylic acids is 1. The van der Waals surface area contributed by atoms with Gasteiger partial charge in [-0.05, 0) is 0 Å². The molecule has 7 heteroatoms. The molecule has 1 amide bonds. The summed E-state index contributed by atoms with van der Waals surface area (Å²) in [5.74, 6) is 0. The molecular weight excluding hydrogens is 200 g/mol. The highest BCUT2D eigenvalue weighted by Crippen LogP contribution is 1.78. The zero-order valence-electron chi connectivity index (χ0n) is 7.84. The summed E-state index contributed by atoms with van der Waals surface area (Å²) < 4.78 is 1.18. The predicted molar refractivity (Wildman–Crippen MR) is 53.6 cm³/mol. The summed E-state index contributed by atoms with van der Waals surface area (Å²) in [7, 11) is 0. The second-order valence-corrected chi connectivity index (χ2v) is 2.65. The number of amides is 1. The molecule has 0 saturated carbocycles. The van der Waals surface area contributed by atoms with E-state index in [1.54, 1.807) is 0 Å². The van der Waals surface area contributed by atoms with Gasteiger partial charge in [-0.25, -0.2) is 4.68 Å². The van der Waals surface area contributed by atoms with E-state index in [0.717, 1.165) is 0 Å². The lowest BCUT2D eigenvalue weighted by Gasteiger charge is -2.00. The molecule has 0 saturated heterocycles. The fraction of sp³-hybridized carbons (Fsp3) is 0.250. The second kappa shape index (κ2) is 5.53. The van der Waals surface area contributed by atoms with E-state index in [-0.39, 0.29) is 11.1 Å². The Morgan fingerprint density at radius 3 is 3.00 bits per heavy atom. The molecular formula is C8H10N4O3. The molecule has 1 aromatic rings. The number of hydrogen-bond acceptors (Lipinski definition) is 4. The summed E-state index contributed by atoms with van der Waals surface area (Å²) in [6.07, 6.45) is 2.31. The van der Waals surface area contributed by atoms with Crippen LogP contribution in [-0.4, -0.2) is 22.4 Å². The van der Waals surface area contributed by atoms with E-state index in [0.29, 0.717) is 19.4 Å². The van der Waals surface area contributed by atoms with E-state index in [9.17, 15) is 14.4 Å². The average molecular weight is 210 g/mol. The van der Waals surface area contributed by atoms with Crippen molar-refractivity contribution < 1.29 is 4.79 Å². The minimum absolute atomic E-state index is 0.286. The van der Waals surface area contributed by atoms with E-state index in [2.05, 4.69) is 15.6 Å². The molecule has 1 aromatic heterocycles. The van der Waals surface area contributed by atoms with Crippen molar-refractivity contribution in [3.05, 3.63) is 32.8 Å². The van der Waals surface area contributed by atoms with Gasteiger partial charge in [0.15, 0.2) is 0 Å². The van der Waals surface area contributed by atoms with Crippen LogP contribution in [0.5, 0.6) is 0 Å². The van der Waals surface area contributed by atoms with Gasteiger partial charge in [-0.15, -0.1) is 0 Å². The third-order valence-corrected chi connectivity index (χ3v) is 1.59. The minimum Gasteiger partial charge on any atom is -0.277 e. The Morgan fingerprint density at radius 2 is 2.27 bits per heavy atom. The number of hydrazone groups is 1. The summed E-state index contributed by atoms with van der Waals surface area (Å²) in [4.78, 5) is 31.8. The van der Waals surface area contributed by atoms with Gasteiger partial charge in [-0.2, -0.15) is 5.10 Å². The van der Waals surface area contributed by atoms with Gasteiger partial charge >= 0.3 is 0 Å². The van der Waals surface area contributed by atoms with Crippen LogP contribution in [0.1, 0.15) is 6.42 Å². The molecule has 0 aliphatic rings. The third-order valence-electron chi connectivity index (χ3n) is 1.59. The lowest BCUT2D eigenvalue weighted by Crippen LogP contribution is -2.28. The van der Waals surface area contributed by atoms with Gasteiger partial charge in [0, 0.05) is 31.3 Å². The van der Waals surface area contributed by atoms with Crippen molar-refractivity contribution in [3.8, 4) is 0 Å². The smallest absolute Gasteiger partial charge is 0.265 e. The van der Waals surface area contributed by atoms with E-state index < -0.39 is 0 Å². The van der Waals surface area contributed by atoms with Crippen LogP contribution in [-0.2, 0) is 11.3 Å². The zero-order valence-corrected chi connectivity index (χ0v) is 7.84. The van der Waals surface area contributed by atoms with Crippen LogP contribution in [0.2, 0.25) is 0 Å². The highest BCUT2D eigenvalue weighted by molar-refractivity contribution is 5.58. The molecule has 0 atom stereocenters. The van der Waals surface area contributed by atoms with Crippen LogP contribution in [0, 0.1) is 0 Å². The van der Waals surface area contributed by atoms with Crippen LogP contribution in [0.3, 0.4) is 0 Å². The van der Waals surface area contributed by atoms with Gasteiger partial charge in [0.05, 0.1) is 0 Å². The molecule has 15 heavy (non-hydrogen) atoms. The molecule has 0 bridgehead atoms. The molecule has 0 fully saturated rings. The number of carbonyl (C=O) groups is 1. The zero-order chi connectivity index (χ0) is 11.1. The number of aryl methyl sites for hydroxylation is 1. The van der Waals surface area contributed by atoms with Crippen LogP contribution in [0.15, 0.2) is 26.8 Å². The van der Waals surface area contributed by atoms with Crippen molar-refractivity contribution in [1.29, 1.82) is 0 Å². The molecule has 0 aliphatic carbocycles. The normalized spacial score (nSPS) is 10.4. The first-order chi connectivity index (χ1) is 7.24. The molecule has 80 valence electrons. The SMILES string of the molecule is O=CN/N=C/CCn1[nH]c(=O)ccc1=O. The summed E-state index contributed by atoms with van der Waals surface area (Å²) in [6.45, 7) is 0.305. The van der Waals surface area contributed by atoms with Crippen LogP contribution >= 0.6 is 0 Å². The fourth-order valence-electron chi connectivity index (χ4n) is 0.963. The molecule has 1 rings (SSSR count). The average Bonchev–Trinajstić information content (AvgIpc) is 2.23. The highest BCUT2D eigenvalue weighted by atomic mass is 16.2. The molecule has 0 aromatic carbocycles. The maximum Gasteiger partial charge on any atom is 0.265 e. The van der Waals surface area contributed by atoms with Crippen molar-refractivity contribution in [2.45, 2.75) is 13.0 Å². The Labute approximate surface area is 84.4 Å². The number of rotatable bonds is 5. The maximum absolute atomic E-state index is 11.2. The molecule has 0 aliphatic heterocycles. The van der Waals surface area contributed by atoms with E-state index in [1.807, 2.05) is 0 Å². The van der Waals surface area contributed by atoms with Crippen molar-refractivity contribution in [2.24, 2.45) is 5.10 Å². The predicted octanol–water partition coefficient (Wildman–Crippen LogP) is -1.34. The first-order valence-electron chi connectivity index (χ1n) is 4.25. The van der Waals surface area contributed by atoms with Crippen molar-refractivity contribution in [1.82, 2.24) is 15.2 Å². The Bertz CT molecular complexity index is 459. The maximum atomic E-state index is 11.2.